The lowest BCUT2D eigenvalue weighted by Crippen LogP contribution is -2.20. The van der Waals surface area contributed by atoms with Crippen LogP contribution < -0.4 is 10.9 Å². The molecule has 0 bridgehead atoms. The van der Waals surface area contributed by atoms with Gasteiger partial charge in [-0.2, -0.15) is 0 Å². The van der Waals surface area contributed by atoms with E-state index in [-0.39, 0.29) is 16.2 Å². The maximum absolute atomic E-state index is 13.0. The molecule has 3 heterocycles. The van der Waals surface area contributed by atoms with Crippen LogP contribution in [0.2, 0.25) is 4.34 Å². The Balaban J connectivity index is 1.31. The fourth-order valence-electron chi connectivity index (χ4n) is 3.53. The molecular formula is C23H19ClN4O4S2. The second-order valence-electron chi connectivity index (χ2n) is 8.13. The number of halogens is 1. The van der Waals surface area contributed by atoms with Crippen LogP contribution in [0.15, 0.2) is 64.0 Å². The number of pyridine rings is 1. The number of hydrogen-bond acceptors (Lipinski definition) is 8. The Morgan fingerprint density at radius 2 is 1.97 bits per heavy atom. The monoisotopic (exact) mass is 514 g/mol. The standard InChI is InChI=1S/C23H19ClN4O4S2/c24-20-6-8-22(33-20)34(31,32)12-17(29)9-14-1-7-21(25-11-14)28-13-26-19-10-16(27-15-2-3-15)4-5-18(19)23(28)30/h1,4-8,10-11,13,15,27H,2-3,9,12H2. The predicted octanol–water partition coefficient (Wildman–Crippen LogP) is 3.66. The van der Waals surface area contributed by atoms with Crippen LogP contribution >= 0.6 is 22.9 Å². The Labute approximate surface area is 204 Å². The van der Waals surface area contributed by atoms with Gasteiger partial charge >= 0.3 is 0 Å². The molecule has 0 aliphatic heterocycles. The molecule has 34 heavy (non-hydrogen) atoms. The van der Waals surface area contributed by atoms with Crippen molar-refractivity contribution in [2.24, 2.45) is 0 Å². The molecule has 4 aromatic rings. The Bertz CT molecular complexity index is 1560. The number of carbonyl (C=O) groups is 1. The number of sulfone groups is 1. The molecule has 174 valence electrons. The van der Waals surface area contributed by atoms with E-state index in [0.29, 0.717) is 32.7 Å². The van der Waals surface area contributed by atoms with E-state index in [9.17, 15) is 18.0 Å². The molecule has 1 saturated carbocycles. The van der Waals surface area contributed by atoms with Crippen LogP contribution in [0.5, 0.6) is 0 Å². The Morgan fingerprint density at radius 3 is 2.65 bits per heavy atom. The summed E-state index contributed by atoms with van der Waals surface area (Å²) in [7, 11) is -3.74. The Morgan fingerprint density at radius 1 is 1.15 bits per heavy atom. The average molecular weight is 515 g/mol. The van der Waals surface area contributed by atoms with Crippen molar-refractivity contribution in [3.8, 4) is 5.82 Å². The van der Waals surface area contributed by atoms with Crippen molar-refractivity contribution >= 4 is 55.1 Å². The minimum Gasteiger partial charge on any atom is -0.382 e. The van der Waals surface area contributed by atoms with Crippen molar-refractivity contribution in [2.75, 3.05) is 11.1 Å². The van der Waals surface area contributed by atoms with Gasteiger partial charge in [0.05, 0.1) is 15.2 Å². The van der Waals surface area contributed by atoms with Gasteiger partial charge in [-0.15, -0.1) is 11.3 Å². The van der Waals surface area contributed by atoms with Crippen LogP contribution in [0.3, 0.4) is 0 Å². The lowest BCUT2D eigenvalue weighted by molar-refractivity contribution is -0.116. The summed E-state index contributed by atoms with van der Waals surface area (Å²) in [5, 5.41) is 3.86. The molecule has 11 heteroatoms. The number of ketones is 1. The van der Waals surface area contributed by atoms with Crippen LogP contribution in [0.25, 0.3) is 16.7 Å². The molecule has 0 atom stereocenters. The Hall–Kier alpha value is -3.08. The second kappa shape index (κ2) is 8.94. The van der Waals surface area contributed by atoms with E-state index in [4.69, 9.17) is 11.6 Å². The van der Waals surface area contributed by atoms with Gasteiger partial charge in [0.25, 0.3) is 5.56 Å². The number of carbonyl (C=O) groups excluding carboxylic acids is 1. The number of aromatic nitrogens is 3. The summed E-state index contributed by atoms with van der Waals surface area (Å²) in [6.45, 7) is 0. The van der Waals surface area contributed by atoms with Gasteiger partial charge in [0.1, 0.15) is 22.1 Å². The molecule has 0 spiro atoms. The van der Waals surface area contributed by atoms with Gasteiger partial charge in [0, 0.05) is 24.3 Å². The molecular weight excluding hydrogens is 496 g/mol. The SMILES string of the molecule is O=C(Cc1ccc(-n2cnc3cc(NC4CC4)ccc3c2=O)nc1)CS(=O)(=O)c1ccc(Cl)s1. The van der Waals surface area contributed by atoms with Crippen molar-refractivity contribution in [1.82, 2.24) is 14.5 Å². The third kappa shape index (κ3) is 4.89. The lowest BCUT2D eigenvalue weighted by atomic mass is 10.1. The van der Waals surface area contributed by atoms with Crippen molar-refractivity contribution in [2.45, 2.75) is 29.5 Å². The van der Waals surface area contributed by atoms with E-state index >= 15 is 0 Å². The summed E-state index contributed by atoms with van der Waals surface area (Å²) in [6.07, 6.45) is 5.10. The zero-order chi connectivity index (χ0) is 23.9. The first-order chi connectivity index (χ1) is 16.3. The maximum Gasteiger partial charge on any atom is 0.266 e. The number of Topliss-reactive ketones (excluding diaryl/α,β-unsaturated/α-hetero) is 1. The van der Waals surface area contributed by atoms with Gasteiger partial charge in [0.15, 0.2) is 15.6 Å². The van der Waals surface area contributed by atoms with E-state index in [0.717, 1.165) is 29.9 Å². The number of anilines is 1. The third-order valence-corrected chi connectivity index (χ3v) is 8.86. The molecule has 0 amide bonds. The highest BCUT2D eigenvalue weighted by Crippen LogP contribution is 2.27. The minimum absolute atomic E-state index is 0.0675. The summed E-state index contributed by atoms with van der Waals surface area (Å²) in [4.78, 5) is 34.0. The molecule has 1 aliphatic rings. The number of nitrogens with zero attached hydrogens (tertiary/aromatic N) is 3. The van der Waals surface area contributed by atoms with E-state index in [1.807, 2.05) is 12.1 Å². The maximum atomic E-state index is 13.0. The third-order valence-electron chi connectivity index (χ3n) is 5.37. The quantitative estimate of drug-likeness (QED) is 0.382. The Kier molecular flexibility index (Phi) is 5.97. The highest BCUT2D eigenvalue weighted by Gasteiger charge is 2.22. The van der Waals surface area contributed by atoms with E-state index in [1.165, 1.54) is 29.2 Å². The van der Waals surface area contributed by atoms with Crippen molar-refractivity contribution in [3.63, 3.8) is 0 Å². The van der Waals surface area contributed by atoms with Gasteiger partial charge in [-0.1, -0.05) is 17.7 Å². The zero-order valence-corrected chi connectivity index (χ0v) is 20.2. The summed E-state index contributed by atoms with van der Waals surface area (Å²) < 4.78 is 26.5. The van der Waals surface area contributed by atoms with Crippen molar-refractivity contribution in [1.29, 1.82) is 0 Å². The van der Waals surface area contributed by atoms with Gasteiger partial charge in [-0.25, -0.2) is 18.4 Å². The molecule has 0 unspecified atom stereocenters. The highest BCUT2D eigenvalue weighted by atomic mass is 35.5. The normalized spacial score (nSPS) is 13.8. The topological polar surface area (TPSA) is 111 Å². The summed E-state index contributed by atoms with van der Waals surface area (Å²) in [5.74, 6) is -0.715. The van der Waals surface area contributed by atoms with Crippen LogP contribution in [0, 0.1) is 0 Å². The molecule has 1 fully saturated rings. The number of hydrogen-bond donors (Lipinski definition) is 1. The number of benzene rings is 1. The van der Waals surface area contributed by atoms with E-state index in [1.54, 1.807) is 18.2 Å². The second-order valence-corrected chi connectivity index (χ2v) is 12.1. The van der Waals surface area contributed by atoms with E-state index < -0.39 is 21.4 Å². The first kappa shape index (κ1) is 22.7. The smallest absolute Gasteiger partial charge is 0.266 e. The molecule has 5 rings (SSSR count). The predicted molar refractivity (Wildman–Crippen MR) is 132 cm³/mol. The first-order valence-corrected chi connectivity index (χ1v) is 13.4. The largest absolute Gasteiger partial charge is 0.382 e. The average Bonchev–Trinajstić information content (AvgIpc) is 3.50. The summed E-state index contributed by atoms with van der Waals surface area (Å²) in [5.41, 5.74) is 1.84. The van der Waals surface area contributed by atoms with Gasteiger partial charge in [-0.05, 0) is 54.8 Å². The summed E-state index contributed by atoms with van der Waals surface area (Å²) >= 11 is 6.72. The molecule has 0 saturated heterocycles. The molecule has 3 aromatic heterocycles. The fourth-order valence-corrected chi connectivity index (χ4v) is 6.34. The summed E-state index contributed by atoms with van der Waals surface area (Å²) in [6, 6.07) is 12.1. The van der Waals surface area contributed by atoms with E-state index in [2.05, 4.69) is 15.3 Å². The number of nitrogens with one attached hydrogen (secondary N) is 1. The van der Waals surface area contributed by atoms with Crippen molar-refractivity contribution < 1.29 is 13.2 Å². The minimum atomic E-state index is -3.74. The molecule has 1 N–H and O–H groups in total. The molecule has 1 aliphatic carbocycles. The van der Waals surface area contributed by atoms with Crippen LogP contribution in [0.4, 0.5) is 5.69 Å². The molecule has 0 radical (unpaired) electrons. The molecule has 1 aromatic carbocycles. The van der Waals surface area contributed by atoms with Gasteiger partial charge in [0.2, 0.25) is 0 Å². The van der Waals surface area contributed by atoms with Crippen LogP contribution in [0.1, 0.15) is 18.4 Å². The zero-order valence-electron chi connectivity index (χ0n) is 17.8. The number of fused-ring (bicyclic) bond motifs is 1. The van der Waals surface area contributed by atoms with Crippen LogP contribution in [-0.2, 0) is 21.1 Å². The van der Waals surface area contributed by atoms with Crippen LogP contribution in [-0.4, -0.2) is 40.5 Å². The van der Waals surface area contributed by atoms with Crippen molar-refractivity contribution in [3.05, 3.63) is 75.2 Å². The number of rotatable bonds is 8. The highest BCUT2D eigenvalue weighted by molar-refractivity contribution is 7.94. The molecule has 8 nitrogen and oxygen atoms in total. The van der Waals surface area contributed by atoms with Gasteiger partial charge in [-0.3, -0.25) is 14.2 Å². The lowest BCUT2D eigenvalue weighted by Gasteiger charge is -2.09. The fraction of sp³-hybridized carbons (Fsp3) is 0.217. The number of thiophene rings is 1. The first-order valence-electron chi connectivity index (χ1n) is 10.5. The van der Waals surface area contributed by atoms with Gasteiger partial charge < -0.3 is 5.32 Å².